The number of amidine groups is 1. The molecule has 0 saturated carbocycles. The molecule has 1 aliphatic heterocycles. The van der Waals surface area contributed by atoms with Crippen molar-refractivity contribution in [3.8, 4) is 0 Å². The maximum atomic E-state index is 12.2. The topological polar surface area (TPSA) is 74.7 Å². The van der Waals surface area contributed by atoms with E-state index in [0.717, 1.165) is 12.0 Å². The number of nitrogens with zero attached hydrogens (tertiary/aromatic N) is 3. The Labute approximate surface area is 140 Å². The van der Waals surface area contributed by atoms with Crippen LogP contribution in [-0.2, 0) is 11.2 Å². The molecule has 6 nitrogen and oxygen atoms in total. The molecule has 0 aliphatic carbocycles. The fraction of sp³-hybridized carbons (Fsp3) is 0.222. The molecular formula is C18H18N4O2. The molecule has 0 atom stereocenters. The SMILES string of the molecule is CN1N=C(NC(=O)c2ccc(Cc3ccccc3)cn2)CCC1=O. The highest BCUT2D eigenvalue weighted by molar-refractivity contribution is 6.06. The highest BCUT2D eigenvalue weighted by Crippen LogP contribution is 2.10. The summed E-state index contributed by atoms with van der Waals surface area (Å²) in [6.07, 6.45) is 3.26. The number of aromatic nitrogens is 1. The zero-order valence-electron chi connectivity index (χ0n) is 13.4. The lowest BCUT2D eigenvalue weighted by molar-refractivity contribution is -0.130. The minimum absolute atomic E-state index is 0.0589. The van der Waals surface area contributed by atoms with E-state index in [0.29, 0.717) is 24.4 Å². The van der Waals surface area contributed by atoms with Gasteiger partial charge in [-0.15, -0.1) is 0 Å². The van der Waals surface area contributed by atoms with Gasteiger partial charge in [0, 0.05) is 26.1 Å². The summed E-state index contributed by atoms with van der Waals surface area (Å²) in [6, 6.07) is 13.7. The van der Waals surface area contributed by atoms with Gasteiger partial charge in [-0.2, -0.15) is 5.10 Å². The monoisotopic (exact) mass is 322 g/mol. The second kappa shape index (κ2) is 7.04. The van der Waals surface area contributed by atoms with Gasteiger partial charge in [0.2, 0.25) is 5.91 Å². The van der Waals surface area contributed by atoms with Crippen LogP contribution in [0.3, 0.4) is 0 Å². The predicted molar refractivity (Wildman–Crippen MR) is 90.4 cm³/mol. The Morgan fingerprint density at radius 2 is 1.92 bits per heavy atom. The quantitative estimate of drug-likeness (QED) is 0.939. The number of pyridine rings is 1. The molecule has 2 heterocycles. The summed E-state index contributed by atoms with van der Waals surface area (Å²) in [4.78, 5) is 27.8. The maximum Gasteiger partial charge on any atom is 0.275 e. The third-order valence-electron chi connectivity index (χ3n) is 3.77. The number of benzene rings is 1. The van der Waals surface area contributed by atoms with Crippen LogP contribution in [0.25, 0.3) is 0 Å². The molecule has 0 saturated heterocycles. The van der Waals surface area contributed by atoms with Crippen LogP contribution in [0.2, 0.25) is 0 Å². The van der Waals surface area contributed by atoms with Gasteiger partial charge in [0.15, 0.2) is 0 Å². The molecule has 0 spiro atoms. The van der Waals surface area contributed by atoms with Crippen molar-refractivity contribution in [3.05, 3.63) is 65.5 Å². The third-order valence-corrected chi connectivity index (χ3v) is 3.77. The summed E-state index contributed by atoms with van der Waals surface area (Å²) in [7, 11) is 1.57. The largest absolute Gasteiger partial charge is 0.307 e. The van der Waals surface area contributed by atoms with Crippen molar-refractivity contribution >= 4 is 17.6 Å². The van der Waals surface area contributed by atoms with Gasteiger partial charge < -0.3 is 5.32 Å². The average Bonchev–Trinajstić information content (AvgIpc) is 2.60. The van der Waals surface area contributed by atoms with E-state index in [9.17, 15) is 9.59 Å². The molecule has 6 heteroatoms. The Balaban J connectivity index is 1.64. The first-order valence-corrected chi connectivity index (χ1v) is 7.76. The molecule has 122 valence electrons. The Bertz CT molecular complexity index is 769. The number of carbonyl (C=O) groups excluding carboxylic acids is 2. The Kier molecular flexibility index (Phi) is 4.65. The van der Waals surface area contributed by atoms with Gasteiger partial charge in [-0.3, -0.25) is 14.6 Å². The molecule has 0 radical (unpaired) electrons. The molecule has 1 N–H and O–H groups in total. The zero-order valence-corrected chi connectivity index (χ0v) is 13.4. The fourth-order valence-electron chi connectivity index (χ4n) is 2.45. The van der Waals surface area contributed by atoms with Crippen molar-refractivity contribution in [2.45, 2.75) is 19.3 Å². The summed E-state index contributed by atoms with van der Waals surface area (Å²) < 4.78 is 0. The van der Waals surface area contributed by atoms with Gasteiger partial charge in [-0.05, 0) is 23.6 Å². The summed E-state index contributed by atoms with van der Waals surface area (Å²) in [6.45, 7) is 0. The van der Waals surface area contributed by atoms with E-state index in [-0.39, 0.29) is 11.8 Å². The Morgan fingerprint density at radius 1 is 1.12 bits per heavy atom. The predicted octanol–water partition coefficient (Wildman–Crippen LogP) is 1.97. The van der Waals surface area contributed by atoms with Crippen LogP contribution in [0.1, 0.15) is 34.5 Å². The molecule has 1 aromatic carbocycles. The van der Waals surface area contributed by atoms with Crippen molar-refractivity contribution in [2.75, 3.05) is 7.05 Å². The van der Waals surface area contributed by atoms with Crippen LogP contribution in [0.4, 0.5) is 0 Å². The molecule has 3 rings (SSSR count). The van der Waals surface area contributed by atoms with Gasteiger partial charge in [-0.25, -0.2) is 5.01 Å². The lowest BCUT2D eigenvalue weighted by atomic mass is 10.1. The number of rotatable bonds is 3. The first-order valence-electron chi connectivity index (χ1n) is 7.76. The van der Waals surface area contributed by atoms with Crippen LogP contribution in [-0.4, -0.2) is 34.7 Å². The minimum atomic E-state index is -0.317. The van der Waals surface area contributed by atoms with Crippen LogP contribution in [0.5, 0.6) is 0 Å². The molecule has 24 heavy (non-hydrogen) atoms. The average molecular weight is 322 g/mol. The second-order valence-corrected chi connectivity index (χ2v) is 5.63. The summed E-state index contributed by atoms with van der Waals surface area (Å²) in [5.41, 5.74) is 2.56. The van der Waals surface area contributed by atoms with Crippen LogP contribution in [0.15, 0.2) is 53.8 Å². The van der Waals surface area contributed by atoms with Crippen molar-refractivity contribution in [2.24, 2.45) is 5.10 Å². The summed E-state index contributed by atoms with van der Waals surface area (Å²) in [5.74, 6) is 0.108. The number of hydrazone groups is 1. The first-order chi connectivity index (χ1) is 11.6. The lowest BCUT2D eigenvalue weighted by Gasteiger charge is -2.19. The zero-order chi connectivity index (χ0) is 16.9. The highest BCUT2D eigenvalue weighted by atomic mass is 16.2. The number of nitrogens with one attached hydrogen (secondary N) is 1. The van der Waals surface area contributed by atoms with Gasteiger partial charge in [0.25, 0.3) is 5.91 Å². The number of amides is 2. The molecular weight excluding hydrogens is 304 g/mol. The molecule has 0 bridgehead atoms. The number of hydrogen-bond acceptors (Lipinski definition) is 4. The molecule has 0 fully saturated rings. The number of carbonyl (C=O) groups is 2. The standard InChI is InChI=1S/C18H18N4O2/c1-22-17(23)10-9-16(21-22)20-18(24)15-8-7-14(12-19-15)11-13-5-3-2-4-6-13/h2-8,12H,9-11H2,1H3,(H,20,21,24). The van der Waals surface area contributed by atoms with Crippen molar-refractivity contribution < 1.29 is 9.59 Å². The van der Waals surface area contributed by atoms with E-state index in [1.54, 1.807) is 19.3 Å². The van der Waals surface area contributed by atoms with Crippen LogP contribution in [0, 0.1) is 0 Å². The maximum absolute atomic E-state index is 12.2. The summed E-state index contributed by atoms with van der Waals surface area (Å²) >= 11 is 0. The third kappa shape index (κ3) is 3.84. The Hall–Kier alpha value is -3.02. The fourth-order valence-corrected chi connectivity index (χ4v) is 2.45. The normalized spacial score (nSPS) is 14.3. The van der Waals surface area contributed by atoms with E-state index >= 15 is 0 Å². The molecule has 2 aromatic rings. The lowest BCUT2D eigenvalue weighted by Crippen LogP contribution is -2.38. The minimum Gasteiger partial charge on any atom is -0.307 e. The van der Waals surface area contributed by atoms with Crippen LogP contribution < -0.4 is 5.32 Å². The first kappa shape index (κ1) is 15.9. The number of hydrogen-bond donors (Lipinski definition) is 1. The molecule has 1 aliphatic rings. The molecule has 1 aromatic heterocycles. The van der Waals surface area contributed by atoms with Crippen molar-refractivity contribution in [3.63, 3.8) is 0 Å². The van der Waals surface area contributed by atoms with Crippen molar-refractivity contribution in [1.82, 2.24) is 15.3 Å². The van der Waals surface area contributed by atoms with Crippen molar-refractivity contribution in [1.29, 1.82) is 0 Å². The van der Waals surface area contributed by atoms with Gasteiger partial charge in [0.1, 0.15) is 11.5 Å². The van der Waals surface area contributed by atoms with Gasteiger partial charge >= 0.3 is 0 Å². The van der Waals surface area contributed by atoms with E-state index in [4.69, 9.17) is 0 Å². The smallest absolute Gasteiger partial charge is 0.275 e. The van der Waals surface area contributed by atoms with Gasteiger partial charge in [0.05, 0.1) is 0 Å². The van der Waals surface area contributed by atoms with Crippen LogP contribution >= 0.6 is 0 Å². The molecule has 2 amide bonds. The highest BCUT2D eigenvalue weighted by Gasteiger charge is 2.19. The van der Waals surface area contributed by atoms with E-state index in [1.807, 2.05) is 24.3 Å². The van der Waals surface area contributed by atoms with Gasteiger partial charge in [-0.1, -0.05) is 36.4 Å². The summed E-state index contributed by atoms with van der Waals surface area (Å²) in [5, 5.41) is 8.00. The van der Waals surface area contributed by atoms with E-state index < -0.39 is 0 Å². The molecule has 0 unspecified atom stereocenters. The van der Waals surface area contributed by atoms with E-state index in [2.05, 4.69) is 27.5 Å². The Morgan fingerprint density at radius 3 is 2.58 bits per heavy atom. The van der Waals surface area contributed by atoms with E-state index in [1.165, 1.54) is 10.6 Å². The second-order valence-electron chi connectivity index (χ2n) is 5.63.